The molecule has 0 saturated heterocycles. The highest BCUT2D eigenvalue weighted by Crippen LogP contribution is 2.24. The van der Waals surface area contributed by atoms with E-state index in [1.807, 2.05) is 6.92 Å². The molecule has 1 amide bonds. The smallest absolute Gasteiger partial charge is 0.493 e. The van der Waals surface area contributed by atoms with Crippen molar-refractivity contribution in [3.05, 3.63) is 53.1 Å². The molecule has 0 aliphatic heterocycles. The van der Waals surface area contributed by atoms with Gasteiger partial charge in [0.25, 0.3) is 0 Å². The lowest BCUT2D eigenvalue weighted by Crippen LogP contribution is -2.17. The van der Waals surface area contributed by atoms with E-state index in [0.29, 0.717) is 29.5 Å². The number of aryl methyl sites for hydroxylation is 1. The van der Waals surface area contributed by atoms with Crippen molar-refractivity contribution in [2.75, 3.05) is 11.9 Å². The Morgan fingerprint density at radius 3 is 2.46 bits per heavy atom. The van der Waals surface area contributed by atoms with Gasteiger partial charge in [-0.2, -0.15) is 0 Å². The fraction of sp³-hybridized carbons (Fsp3) is 0.278. The third-order valence-corrected chi connectivity index (χ3v) is 3.55. The molecule has 26 heavy (non-hydrogen) atoms. The van der Waals surface area contributed by atoms with Gasteiger partial charge in [-0.1, -0.05) is 11.6 Å². The van der Waals surface area contributed by atoms with Crippen molar-refractivity contribution in [1.82, 2.24) is 0 Å². The van der Waals surface area contributed by atoms with Crippen LogP contribution in [0.3, 0.4) is 0 Å². The molecule has 0 spiro atoms. The predicted molar refractivity (Wildman–Crippen MR) is 92.7 cm³/mol. The van der Waals surface area contributed by atoms with Crippen LogP contribution in [-0.4, -0.2) is 18.9 Å². The van der Waals surface area contributed by atoms with Crippen LogP contribution in [0.5, 0.6) is 11.5 Å². The second-order valence-electron chi connectivity index (χ2n) is 5.48. The van der Waals surface area contributed by atoms with E-state index >= 15 is 0 Å². The Labute approximate surface area is 153 Å². The summed E-state index contributed by atoms with van der Waals surface area (Å²) < 4.78 is 45.6. The van der Waals surface area contributed by atoms with E-state index < -0.39 is 6.36 Å². The molecule has 0 aliphatic rings. The van der Waals surface area contributed by atoms with E-state index in [2.05, 4.69) is 10.1 Å². The molecule has 0 saturated carbocycles. The molecular formula is C18H17ClF3NO3. The maximum atomic E-state index is 12.1. The number of benzene rings is 2. The van der Waals surface area contributed by atoms with Crippen LogP contribution in [0.1, 0.15) is 18.4 Å². The highest BCUT2D eigenvalue weighted by atomic mass is 35.5. The van der Waals surface area contributed by atoms with Gasteiger partial charge in [0.1, 0.15) is 11.5 Å². The van der Waals surface area contributed by atoms with Gasteiger partial charge in [-0.3, -0.25) is 4.79 Å². The number of ether oxygens (including phenoxy) is 2. The Morgan fingerprint density at radius 2 is 1.85 bits per heavy atom. The minimum atomic E-state index is -4.74. The number of carbonyl (C=O) groups is 1. The average Bonchev–Trinajstić information content (AvgIpc) is 2.54. The molecule has 0 fully saturated rings. The molecule has 8 heteroatoms. The molecule has 0 radical (unpaired) electrons. The zero-order valence-electron chi connectivity index (χ0n) is 13.9. The van der Waals surface area contributed by atoms with E-state index in [0.717, 1.165) is 17.7 Å². The standard InChI is InChI=1S/C18H17ClF3NO3/c1-12-11-13(19)4-9-16(12)25-10-2-3-17(24)23-14-5-7-15(8-6-14)26-18(20,21)22/h4-9,11H,2-3,10H2,1H3,(H,23,24). The van der Waals surface area contributed by atoms with Crippen molar-refractivity contribution < 1.29 is 27.4 Å². The number of hydrogen-bond acceptors (Lipinski definition) is 3. The molecule has 140 valence electrons. The molecule has 1 N–H and O–H groups in total. The quantitative estimate of drug-likeness (QED) is 0.652. The molecular weight excluding hydrogens is 371 g/mol. The SMILES string of the molecule is Cc1cc(Cl)ccc1OCCCC(=O)Nc1ccc(OC(F)(F)F)cc1. The second kappa shape index (κ2) is 8.80. The zero-order valence-corrected chi connectivity index (χ0v) is 14.7. The van der Waals surface area contributed by atoms with Gasteiger partial charge in [0.05, 0.1) is 6.61 Å². The van der Waals surface area contributed by atoms with Gasteiger partial charge in [-0.25, -0.2) is 0 Å². The number of nitrogens with one attached hydrogen (secondary N) is 1. The molecule has 0 bridgehead atoms. The molecule has 2 rings (SSSR count). The predicted octanol–water partition coefficient (Wildman–Crippen LogP) is 5.34. The molecule has 0 aliphatic carbocycles. The fourth-order valence-corrected chi connectivity index (χ4v) is 2.38. The van der Waals surface area contributed by atoms with Crippen molar-refractivity contribution >= 4 is 23.2 Å². The van der Waals surface area contributed by atoms with Gasteiger partial charge in [0.2, 0.25) is 5.91 Å². The maximum Gasteiger partial charge on any atom is 0.573 e. The molecule has 4 nitrogen and oxygen atoms in total. The molecule has 2 aromatic rings. The topological polar surface area (TPSA) is 47.6 Å². The summed E-state index contributed by atoms with van der Waals surface area (Å²) in [6, 6.07) is 10.2. The summed E-state index contributed by atoms with van der Waals surface area (Å²) in [6.07, 6.45) is -4.04. The van der Waals surface area contributed by atoms with Gasteiger partial charge < -0.3 is 14.8 Å². The highest BCUT2D eigenvalue weighted by Gasteiger charge is 2.30. The Hall–Kier alpha value is -2.41. The zero-order chi connectivity index (χ0) is 19.2. The third kappa shape index (κ3) is 6.84. The fourth-order valence-electron chi connectivity index (χ4n) is 2.15. The number of alkyl halides is 3. The van der Waals surface area contributed by atoms with Crippen molar-refractivity contribution in [1.29, 1.82) is 0 Å². The maximum absolute atomic E-state index is 12.1. The second-order valence-corrected chi connectivity index (χ2v) is 5.92. The summed E-state index contributed by atoms with van der Waals surface area (Å²) in [6.45, 7) is 2.23. The van der Waals surface area contributed by atoms with Crippen LogP contribution in [0.15, 0.2) is 42.5 Å². The van der Waals surface area contributed by atoms with Crippen molar-refractivity contribution in [2.24, 2.45) is 0 Å². The van der Waals surface area contributed by atoms with E-state index in [1.54, 1.807) is 18.2 Å². The molecule has 0 atom stereocenters. The number of rotatable bonds is 7. The molecule has 0 heterocycles. The Bertz CT molecular complexity index is 748. The number of halogens is 4. The van der Waals surface area contributed by atoms with Crippen LogP contribution in [0.25, 0.3) is 0 Å². The first-order valence-corrected chi connectivity index (χ1v) is 8.15. The van der Waals surface area contributed by atoms with E-state index in [1.165, 1.54) is 12.1 Å². The summed E-state index contributed by atoms with van der Waals surface area (Å²) in [5, 5.41) is 3.23. The van der Waals surface area contributed by atoms with Gasteiger partial charge in [0, 0.05) is 17.1 Å². The van der Waals surface area contributed by atoms with Gasteiger partial charge in [0.15, 0.2) is 0 Å². The number of carbonyl (C=O) groups excluding carboxylic acids is 1. The summed E-state index contributed by atoms with van der Waals surface area (Å²) in [5.41, 5.74) is 1.29. The van der Waals surface area contributed by atoms with Crippen molar-refractivity contribution in [3.8, 4) is 11.5 Å². The summed E-state index contributed by atoms with van der Waals surface area (Å²) in [4.78, 5) is 11.9. The monoisotopic (exact) mass is 387 g/mol. The van der Waals surface area contributed by atoms with Gasteiger partial charge in [-0.15, -0.1) is 13.2 Å². The number of anilines is 1. The first-order chi connectivity index (χ1) is 12.2. The van der Waals surface area contributed by atoms with Gasteiger partial charge in [-0.05, 0) is 61.4 Å². The van der Waals surface area contributed by atoms with Crippen LogP contribution >= 0.6 is 11.6 Å². The summed E-state index contributed by atoms with van der Waals surface area (Å²) in [5.74, 6) is 0.100. The van der Waals surface area contributed by atoms with Crippen LogP contribution in [0, 0.1) is 6.92 Å². The van der Waals surface area contributed by atoms with E-state index in [9.17, 15) is 18.0 Å². The van der Waals surface area contributed by atoms with Crippen LogP contribution in [-0.2, 0) is 4.79 Å². The lowest BCUT2D eigenvalue weighted by molar-refractivity contribution is -0.274. The van der Waals surface area contributed by atoms with Crippen molar-refractivity contribution in [2.45, 2.75) is 26.1 Å². The minimum absolute atomic E-state index is 0.216. The van der Waals surface area contributed by atoms with E-state index in [4.69, 9.17) is 16.3 Å². The lowest BCUT2D eigenvalue weighted by atomic mass is 10.2. The first-order valence-electron chi connectivity index (χ1n) is 7.77. The largest absolute Gasteiger partial charge is 0.573 e. The number of amides is 1. The molecule has 0 unspecified atom stereocenters. The molecule has 0 aromatic heterocycles. The minimum Gasteiger partial charge on any atom is -0.493 e. The van der Waals surface area contributed by atoms with E-state index in [-0.39, 0.29) is 18.1 Å². The average molecular weight is 388 g/mol. The Morgan fingerprint density at radius 1 is 1.15 bits per heavy atom. The number of hydrogen-bond donors (Lipinski definition) is 1. The summed E-state index contributed by atoms with van der Waals surface area (Å²) in [7, 11) is 0. The van der Waals surface area contributed by atoms with Gasteiger partial charge >= 0.3 is 6.36 Å². The molecule has 2 aromatic carbocycles. The normalized spacial score (nSPS) is 11.1. The Balaban J connectivity index is 1.73. The van der Waals surface area contributed by atoms with Crippen LogP contribution < -0.4 is 14.8 Å². The summed E-state index contributed by atoms with van der Waals surface area (Å²) >= 11 is 5.87. The lowest BCUT2D eigenvalue weighted by Gasteiger charge is -2.11. The van der Waals surface area contributed by atoms with Crippen molar-refractivity contribution in [3.63, 3.8) is 0 Å². The first kappa shape index (κ1) is 19.9. The highest BCUT2D eigenvalue weighted by molar-refractivity contribution is 6.30. The van der Waals surface area contributed by atoms with Crippen LogP contribution in [0.2, 0.25) is 5.02 Å². The van der Waals surface area contributed by atoms with Crippen LogP contribution in [0.4, 0.5) is 18.9 Å². The third-order valence-electron chi connectivity index (χ3n) is 3.31. The Kier molecular flexibility index (Phi) is 6.74.